The predicted octanol–water partition coefficient (Wildman–Crippen LogP) is 4.09. The molecule has 0 spiro atoms. The zero-order chi connectivity index (χ0) is 18.0. The maximum absolute atomic E-state index is 12.1. The van der Waals surface area contributed by atoms with Crippen molar-refractivity contribution in [1.29, 1.82) is 0 Å². The van der Waals surface area contributed by atoms with Gasteiger partial charge in [-0.15, -0.1) is 13.2 Å². The number of halogens is 3. The van der Waals surface area contributed by atoms with Crippen LogP contribution >= 0.6 is 0 Å². The molecule has 0 radical (unpaired) electrons. The summed E-state index contributed by atoms with van der Waals surface area (Å²) in [5.41, 5.74) is 0.164. The van der Waals surface area contributed by atoms with Crippen molar-refractivity contribution in [2.45, 2.75) is 51.5 Å². The Morgan fingerprint density at radius 2 is 1.83 bits per heavy atom. The van der Waals surface area contributed by atoms with Gasteiger partial charge < -0.3 is 14.4 Å². The number of carbonyl (C=O) groups excluding carboxylic acids is 1. The van der Waals surface area contributed by atoms with Crippen molar-refractivity contribution >= 4 is 6.09 Å². The highest BCUT2D eigenvalue weighted by molar-refractivity contribution is 5.68. The zero-order valence-corrected chi connectivity index (χ0v) is 13.9. The monoisotopic (exact) mass is 346 g/mol. The fourth-order valence-electron chi connectivity index (χ4n) is 2.51. The Labute approximate surface area is 138 Å². The van der Waals surface area contributed by atoms with Crippen LogP contribution in [0.25, 0.3) is 0 Å². The molecule has 1 fully saturated rings. The molecular weight excluding hydrogens is 325 g/mol. The van der Waals surface area contributed by atoms with Gasteiger partial charge in [-0.25, -0.2) is 4.79 Å². The van der Waals surface area contributed by atoms with E-state index in [-0.39, 0.29) is 17.8 Å². The lowest BCUT2D eigenvalue weighted by Crippen LogP contribution is -2.41. The van der Waals surface area contributed by atoms with Gasteiger partial charge in [0.05, 0.1) is 6.20 Å². The van der Waals surface area contributed by atoms with Crippen LogP contribution in [0.1, 0.15) is 45.2 Å². The molecule has 0 aromatic carbocycles. The summed E-state index contributed by atoms with van der Waals surface area (Å²) in [6, 6.07) is 2.80. The lowest BCUT2D eigenvalue weighted by Gasteiger charge is -2.33. The third-order valence-electron chi connectivity index (χ3n) is 3.56. The molecule has 0 saturated carbocycles. The fourth-order valence-corrected chi connectivity index (χ4v) is 2.51. The van der Waals surface area contributed by atoms with Gasteiger partial charge in [-0.2, -0.15) is 0 Å². The number of likely N-dealkylation sites (tertiary alicyclic amines) is 1. The average Bonchev–Trinajstić information content (AvgIpc) is 2.45. The van der Waals surface area contributed by atoms with E-state index < -0.39 is 12.0 Å². The average molecular weight is 346 g/mol. The molecule has 0 unspecified atom stereocenters. The van der Waals surface area contributed by atoms with Crippen molar-refractivity contribution in [2.75, 3.05) is 13.1 Å². The third kappa shape index (κ3) is 5.58. The van der Waals surface area contributed by atoms with E-state index in [1.54, 1.807) is 4.90 Å². The first-order chi connectivity index (χ1) is 11.0. The number of hydrogen-bond acceptors (Lipinski definition) is 4. The first-order valence-corrected chi connectivity index (χ1v) is 7.73. The van der Waals surface area contributed by atoms with Gasteiger partial charge in [0, 0.05) is 24.7 Å². The Bertz CT molecular complexity index is 559. The number of aromatic nitrogens is 1. The molecule has 2 rings (SSSR count). The van der Waals surface area contributed by atoms with Crippen LogP contribution in [-0.4, -0.2) is 41.0 Å². The first-order valence-electron chi connectivity index (χ1n) is 7.73. The van der Waals surface area contributed by atoms with E-state index in [4.69, 9.17) is 4.74 Å². The Hall–Kier alpha value is -1.99. The molecule has 5 nitrogen and oxygen atoms in total. The van der Waals surface area contributed by atoms with Gasteiger partial charge in [-0.1, -0.05) is 0 Å². The van der Waals surface area contributed by atoms with Gasteiger partial charge in [-0.3, -0.25) is 4.98 Å². The highest BCUT2D eigenvalue weighted by Gasteiger charge is 2.32. The number of amides is 1. The van der Waals surface area contributed by atoms with E-state index in [2.05, 4.69) is 9.72 Å². The van der Waals surface area contributed by atoms with Crippen molar-refractivity contribution in [3.63, 3.8) is 0 Å². The van der Waals surface area contributed by atoms with E-state index in [1.165, 1.54) is 12.1 Å². The van der Waals surface area contributed by atoms with E-state index in [9.17, 15) is 18.0 Å². The Balaban J connectivity index is 1.89. The third-order valence-corrected chi connectivity index (χ3v) is 3.56. The van der Waals surface area contributed by atoms with Crippen LogP contribution in [-0.2, 0) is 4.74 Å². The topological polar surface area (TPSA) is 51.7 Å². The van der Waals surface area contributed by atoms with Crippen molar-refractivity contribution in [3.05, 3.63) is 24.0 Å². The summed E-state index contributed by atoms with van der Waals surface area (Å²) in [7, 11) is 0. The smallest absolute Gasteiger partial charge is 0.444 e. The molecule has 1 aliphatic rings. The molecule has 0 N–H and O–H groups in total. The molecule has 24 heavy (non-hydrogen) atoms. The van der Waals surface area contributed by atoms with E-state index in [0.29, 0.717) is 31.6 Å². The second-order valence-corrected chi connectivity index (χ2v) is 6.71. The van der Waals surface area contributed by atoms with Crippen molar-refractivity contribution < 1.29 is 27.4 Å². The van der Waals surface area contributed by atoms with Gasteiger partial charge in [0.15, 0.2) is 0 Å². The van der Waals surface area contributed by atoms with Crippen LogP contribution < -0.4 is 4.74 Å². The van der Waals surface area contributed by atoms with Crippen LogP contribution in [0, 0.1) is 0 Å². The summed E-state index contributed by atoms with van der Waals surface area (Å²) in [5, 5.41) is 0. The molecule has 134 valence electrons. The van der Waals surface area contributed by atoms with E-state index in [0.717, 1.165) is 6.20 Å². The summed E-state index contributed by atoms with van der Waals surface area (Å²) in [4.78, 5) is 17.7. The van der Waals surface area contributed by atoms with Crippen LogP contribution in [0.2, 0.25) is 0 Å². The van der Waals surface area contributed by atoms with Gasteiger partial charge in [0.1, 0.15) is 11.4 Å². The van der Waals surface area contributed by atoms with Gasteiger partial charge >= 0.3 is 12.5 Å². The molecule has 1 aromatic rings. The van der Waals surface area contributed by atoms with Crippen LogP contribution in [0.5, 0.6) is 5.75 Å². The van der Waals surface area contributed by atoms with Gasteiger partial charge in [0.2, 0.25) is 0 Å². The number of hydrogen-bond donors (Lipinski definition) is 0. The van der Waals surface area contributed by atoms with Gasteiger partial charge in [0.25, 0.3) is 0 Å². The highest BCUT2D eigenvalue weighted by Crippen LogP contribution is 2.29. The number of piperidine rings is 1. The van der Waals surface area contributed by atoms with E-state index in [1.807, 2.05) is 20.8 Å². The van der Waals surface area contributed by atoms with Crippen molar-refractivity contribution in [3.8, 4) is 5.75 Å². The van der Waals surface area contributed by atoms with E-state index >= 15 is 0 Å². The molecular formula is C16H21F3N2O3. The summed E-state index contributed by atoms with van der Waals surface area (Å²) in [6.07, 6.45) is -2.62. The first kappa shape index (κ1) is 18.4. The molecule has 1 aromatic heterocycles. The molecule has 0 bridgehead atoms. The lowest BCUT2D eigenvalue weighted by molar-refractivity contribution is -0.274. The number of carbonyl (C=O) groups is 1. The highest BCUT2D eigenvalue weighted by atomic mass is 19.4. The SMILES string of the molecule is CC(C)(C)OC(=O)N1CCC(c2ccc(OC(F)(F)F)cn2)CC1. The zero-order valence-electron chi connectivity index (χ0n) is 13.9. The Morgan fingerprint density at radius 1 is 1.21 bits per heavy atom. The van der Waals surface area contributed by atoms with Crippen molar-refractivity contribution in [1.82, 2.24) is 9.88 Å². The maximum Gasteiger partial charge on any atom is 0.573 e. The number of nitrogens with zero attached hydrogens (tertiary/aromatic N) is 2. The number of rotatable bonds is 2. The summed E-state index contributed by atoms with van der Waals surface area (Å²) in [6.45, 7) is 6.49. The maximum atomic E-state index is 12.1. The molecule has 1 amide bonds. The normalized spacial score (nSPS) is 16.8. The molecule has 1 aliphatic heterocycles. The molecule has 2 heterocycles. The summed E-state index contributed by atoms with van der Waals surface area (Å²) >= 11 is 0. The largest absolute Gasteiger partial charge is 0.573 e. The summed E-state index contributed by atoms with van der Waals surface area (Å²) < 4.78 is 45.5. The summed E-state index contributed by atoms with van der Waals surface area (Å²) in [5.74, 6) is -0.235. The molecule has 0 aliphatic carbocycles. The Morgan fingerprint density at radius 3 is 2.29 bits per heavy atom. The van der Waals surface area contributed by atoms with Gasteiger partial charge in [-0.05, 0) is 45.7 Å². The second kappa shape index (κ2) is 6.86. The minimum Gasteiger partial charge on any atom is -0.444 e. The molecule has 1 saturated heterocycles. The number of alkyl halides is 3. The van der Waals surface area contributed by atoms with Crippen LogP contribution in [0.15, 0.2) is 18.3 Å². The molecule has 0 atom stereocenters. The van der Waals surface area contributed by atoms with Crippen molar-refractivity contribution in [2.24, 2.45) is 0 Å². The predicted molar refractivity (Wildman–Crippen MR) is 80.7 cm³/mol. The standard InChI is InChI=1S/C16H21F3N2O3/c1-15(2,3)24-14(22)21-8-6-11(7-9-21)13-5-4-12(10-20-13)23-16(17,18)19/h4-5,10-11H,6-9H2,1-3H3. The van der Waals surface area contributed by atoms with Crippen LogP contribution in [0.4, 0.5) is 18.0 Å². The number of ether oxygens (including phenoxy) is 2. The minimum absolute atomic E-state index is 0.101. The number of pyridine rings is 1. The molecule has 8 heteroatoms. The minimum atomic E-state index is -4.72. The second-order valence-electron chi connectivity index (χ2n) is 6.71. The van der Waals surface area contributed by atoms with Crippen LogP contribution in [0.3, 0.4) is 0 Å². The Kier molecular flexibility index (Phi) is 5.25. The fraction of sp³-hybridized carbons (Fsp3) is 0.625. The quantitative estimate of drug-likeness (QED) is 0.809. The lowest BCUT2D eigenvalue weighted by atomic mass is 9.93.